The summed E-state index contributed by atoms with van der Waals surface area (Å²) in [5, 5.41) is 0. The number of carbonyl (C=O) groups excluding carboxylic acids is 1. The highest BCUT2D eigenvalue weighted by Crippen LogP contribution is 2.36. The third kappa shape index (κ3) is 2.47. The van der Waals surface area contributed by atoms with Crippen LogP contribution in [0.25, 0.3) is 0 Å². The lowest BCUT2D eigenvalue weighted by atomic mass is 9.77. The average molecular weight is 224 g/mol. The Hall–Kier alpha value is -0.790. The van der Waals surface area contributed by atoms with Gasteiger partial charge in [-0.25, -0.2) is 0 Å². The van der Waals surface area contributed by atoms with Crippen LogP contribution >= 0.6 is 0 Å². The van der Waals surface area contributed by atoms with Gasteiger partial charge in [-0.2, -0.15) is 0 Å². The molecule has 0 saturated carbocycles. The average Bonchev–Trinajstić information content (AvgIpc) is 2.63. The van der Waals surface area contributed by atoms with E-state index in [1.165, 1.54) is 0 Å². The first-order valence-electron chi connectivity index (χ1n) is 6.25. The fourth-order valence-corrected chi connectivity index (χ4v) is 1.99. The smallest absolute Gasteiger partial charge is 0.312 e. The number of hydrogen-bond donors (Lipinski definition) is 0. The van der Waals surface area contributed by atoms with Gasteiger partial charge in [0.25, 0.3) is 0 Å². The SMILES string of the molecule is CCC(C)(C(=O)OC1(C)C=CCC1)C(C)C. The van der Waals surface area contributed by atoms with Gasteiger partial charge in [-0.3, -0.25) is 4.79 Å². The minimum absolute atomic E-state index is 0.0564. The van der Waals surface area contributed by atoms with Crippen molar-refractivity contribution in [2.45, 2.75) is 59.5 Å². The van der Waals surface area contributed by atoms with Gasteiger partial charge in [0.15, 0.2) is 0 Å². The Morgan fingerprint density at radius 3 is 2.56 bits per heavy atom. The van der Waals surface area contributed by atoms with E-state index < -0.39 is 0 Å². The van der Waals surface area contributed by atoms with Crippen LogP contribution < -0.4 is 0 Å². The Morgan fingerprint density at radius 2 is 2.19 bits per heavy atom. The number of hydrogen-bond acceptors (Lipinski definition) is 2. The summed E-state index contributed by atoms with van der Waals surface area (Å²) in [5.74, 6) is 0.248. The Labute approximate surface area is 99.1 Å². The Balaban J connectivity index is 2.74. The molecule has 1 rings (SSSR count). The van der Waals surface area contributed by atoms with Crippen molar-refractivity contribution in [2.24, 2.45) is 11.3 Å². The topological polar surface area (TPSA) is 26.3 Å². The summed E-state index contributed by atoms with van der Waals surface area (Å²) in [6, 6.07) is 0. The number of esters is 1. The number of rotatable bonds is 4. The molecule has 2 heteroatoms. The maximum Gasteiger partial charge on any atom is 0.312 e. The predicted molar refractivity (Wildman–Crippen MR) is 66.1 cm³/mol. The van der Waals surface area contributed by atoms with Crippen molar-refractivity contribution in [3.63, 3.8) is 0 Å². The fraction of sp³-hybridized carbons (Fsp3) is 0.786. The summed E-state index contributed by atoms with van der Waals surface area (Å²) in [5.41, 5.74) is -0.734. The van der Waals surface area contributed by atoms with Gasteiger partial charge < -0.3 is 4.74 Å². The minimum atomic E-state index is -0.373. The van der Waals surface area contributed by atoms with Gasteiger partial charge in [0.2, 0.25) is 0 Å². The Morgan fingerprint density at radius 1 is 1.56 bits per heavy atom. The molecule has 2 unspecified atom stereocenters. The lowest BCUT2D eigenvalue weighted by Gasteiger charge is -2.34. The van der Waals surface area contributed by atoms with E-state index in [4.69, 9.17) is 4.74 Å². The molecular formula is C14H24O2. The van der Waals surface area contributed by atoms with Crippen molar-refractivity contribution >= 4 is 5.97 Å². The summed E-state index contributed by atoms with van der Waals surface area (Å²) in [6.07, 6.45) is 6.85. The van der Waals surface area contributed by atoms with E-state index in [-0.39, 0.29) is 17.0 Å². The maximum atomic E-state index is 12.2. The second-order valence-electron chi connectivity index (χ2n) is 5.57. The predicted octanol–water partition coefficient (Wildman–Crippen LogP) is 3.71. The van der Waals surface area contributed by atoms with Crippen LogP contribution in [0.2, 0.25) is 0 Å². The van der Waals surface area contributed by atoms with Crippen LogP contribution in [-0.2, 0) is 9.53 Å². The fourth-order valence-electron chi connectivity index (χ4n) is 1.99. The third-order valence-electron chi connectivity index (χ3n) is 4.08. The van der Waals surface area contributed by atoms with Crippen LogP contribution in [0, 0.1) is 11.3 Å². The van der Waals surface area contributed by atoms with E-state index in [9.17, 15) is 4.79 Å². The second-order valence-corrected chi connectivity index (χ2v) is 5.57. The van der Waals surface area contributed by atoms with Gasteiger partial charge in [0.05, 0.1) is 5.41 Å². The maximum absolute atomic E-state index is 12.2. The van der Waals surface area contributed by atoms with Gasteiger partial charge >= 0.3 is 5.97 Å². The second kappa shape index (κ2) is 4.60. The first-order valence-corrected chi connectivity index (χ1v) is 6.25. The molecule has 92 valence electrons. The molecule has 0 bridgehead atoms. The molecule has 16 heavy (non-hydrogen) atoms. The summed E-state index contributed by atoms with van der Waals surface area (Å²) in [7, 11) is 0. The highest BCUT2D eigenvalue weighted by molar-refractivity contribution is 5.77. The molecule has 0 aromatic carbocycles. The van der Waals surface area contributed by atoms with Crippen molar-refractivity contribution in [1.82, 2.24) is 0 Å². The quantitative estimate of drug-likeness (QED) is 0.537. The van der Waals surface area contributed by atoms with Gasteiger partial charge in [-0.05, 0) is 45.1 Å². The molecule has 0 heterocycles. The molecule has 0 aliphatic heterocycles. The van der Waals surface area contributed by atoms with E-state index in [1.807, 2.05) is 26.8 Å². The lowest BCUT2D eigenvalue weighted by Crippen LogP contribution is -2.39. The zero-order chi connectivity index (χ0) is 12.4. The Kier molecular flexibility index (Phi) is 3.82. The highest BCUT2D eigenvalue weighted by atomic mass is 16.6. The van der Waals surface area contributed by atoms with Crippen molar-refractivity contribution < 1.29 is 9.53 Å². The van der Waals surface area contributed by atoms with E-state index >= 15 is 0 Å². The molecule has 0 amide bonds. The third-order valence-corrected chi connectivity index (χ3v) is 4.08. The molecule has 0 aromatic rings. The van der Waals surface area contributed by atoms with Gasteiger partial charge in [-0.1, -0.05) is 26.8 Å². The van der Waals surface area contributed by atoms with Gasteiger partial charge in [-0.15, -0.1) is 0 Å². The van der Waals surface area contributed by atoms with Gasteiger partial charge in [0.1, 0.15) is 5.60 Å². The molecular weight excluding hydrogens is 200 g/mol. The van der Waals surface area contributed by atoms with E-state index in [0.29, 0.717) is 5.92 Å². The summed E-state index contributed by atoms with van der Waals surface area (Å²) in [4.78, 5) is 12.2. The highest BCUT2D eigenvalue weighted by Gasteiger charge is 2.40. The molecule has 0 spiro atoms. The van der Waals surface area contributed by atoms with Crippen LogP contribution in [0.15, 0.2) is 12.2 Å². The molecule has 1 aliphatic rings. The standard InChI is InChI=1S/C14H24O2/c1-6-14(5,11(2)3)12(15)16-13(4)9-7-8-10-13/h7,9,11H,6,8,10H2,1-5H3. The van der Waals surface area contributed by atoms with Crippen molar-refractivity contribution in [2.75, 3.05) is 0 Å². The molecule has 2 atom stereocenters. The molecule has 0 N–H and O–H groups in total. The van der Waals surface area contributed by atoms with Crippen molar-refractivity contribution in [1.29, 1.82) is 0 Å². The zero-order valence-electron chi connectivity index (χ0n) is 11.2. The summed E-state index contributed by atoms with van der Waals surface area (Å²) < 4.78 is 5.69. The van der Waals surface area contributed by atoms with E-state index in [0.717, 1.165) is 19.3 Å². The van der Waals surface area contributed by atoms with Crippen molar-refractivity contribution in [3.8, 4) is 0 Å². The number of carbonyl (C=O) groups is 1. The van der Waals surface area contributed by atoms with Crippen LogP contribution in [0.4, 0.5) is 0 Å². The lowest BCUT2D eigenvalue weighted by molar-refractivity contribution is -0.168. The van der Waals surface area contributed by atoms with Crippen LogP contribution in [0.1, 0.15) is 53.9 Å². The number of ether oxygens (including phenoxy) is 1. The molecule has 1 aliphatic carbocycles. The Bertz CT molecular complexity index is 293. The van der Waals surface area contributed by atoms with Crippen LogP contribution in [0.5, 0.6) is 0 Å². The molecule has 2 nitrogen and oxygen atoms in total. The number of allylic oxidation sites excluding steroid dienone is 1. The first-order chi connectivity index (χ1) is 7.34. The van der Waals surface area contributed by atoms with Crippen LogP contribution in [0.3, 0.4) is 0 Å². The van der Waals surface area contributed by atoms with E-state index in [2.05, 4.69) is 19.9 Å². The van der Waals surface area contributed by atoms with Crippen LogP contribution in [-0.4, -0.2) is 11.6 Å². The molecule has 0 saturated heterocycles. The molecule has 0 aromatic heterocycles. The monoisotopic (exact) mass is 224 g/mol. The first kappa shape index (κ1) is 13.3. The summed E-state index contributed by atoms with van der Waals surface area (Å²) >= 11 is 0. The largest absolute Gasteiger partial charge is 0.455 e. The summed E-state index contributed by atoms with van der Waals surface area (Å²) in [6.45, 7) is 10.2. The minimum Gasteiger partial charge on any atom is -0.455 e. The molecule has 0 radical (unpaired) electrons. The zero-order valence-corrected chi connectivity index (χ0v) is 11.2. The molecule has 0 fully saturated rings. The van der Waals surface area contributed by atoms with Gasteiger partial charge in [0, 0.05) is 0 Å². The van der Waals surface area contributed by atoms with Crippen molar-refractivity contribution in [3.05, 3.63) is 12.2 Å². The van der Waals surface area contributed by atoms with E-state index in [1.54, 1.807) is 0 Å². The normalized spacial score (nSPS) is 28.1.